The molecule has 3 aromatic rings. The lowest BCUT2D eigenvalue weighted by Crippen LogP contribution is -2.30. The van der Waals surface area contributed by atoms with Crippen molar-refractivity contribution in [3.8, 4) is 0 Å². The van der Waals surface area contributed by atoms with Crippen molar-refractivity contribution in [1.29, 1.82) is 0 Å². The van der Waals surface area contributed by atoms with Crippen LogP contribution in [0.2, 0.25) is 0 Å². The number of anilines is 1. The number of nitrogens with zero attached hydrogens (tertiary/aromatic N) is 3. The molecule has 30 heavy (non-hydrogen) atoms. The smallest absolute Gasteiger partial charge is 0.174 e. The number of pyridine rings is 1. The van der Waals surface area contributed by atoms with Gasteiger partial charge in [0.05, 0.1) is 11.7 Å². The van der Waals surface area contributed by atoms with Gasteiger partial charge in [-0.25, -0.2) is 0 Å². The van der Waals surface area contributed by atoms with Crippen molar-refractivity contribution in [2.24, 2.45) is 0 Å². The van der Waals surface area contributed by atoms with Gasteiger partial charge in [0.1, 0.15) is 6.04 Å². The Morgan fingerprint density at radius 3 is 2.57 bits per heavy atom. The molecule has 2 fully saturated rings. The molecule has 154 valence electrons. The van der Waals surface area contributed by atoms with Crippen LogP contribution in [0.25, 0.3) is 0 Å². The molecule has 3 heterocycles. The highest BCUT2D eigenvalue weighted by Crippen LogP contribution is 2.43. The summed E-state index contributed by atoms with van der Waals surface area (Å²) >= 11 is 5.88. The molecule has 2 aliphatic rings. The highest BCUT2D eigenvalue weighted by molar-refractivity contribution is 7.80. The molecule has 1 aromatic carbocycles. The molecular formula is C25H28N4S. The minimum atomic E-state index is 0.00959. The van der Waals surface area contributed by atoms with E-state index in [4.69, 9.17) is 12.2 Å². The molecular weight excluding hydrogens is 388 g/mol. The highest BCUT2D eigenvalue weighted by Gasteiger charge is 2.42. The summed E-state index contributed by atoms with van der Waals surface area (Å²) in [7, 11) is 0. The first-order valence-corrected chi connectivity index (χ1v) is 11.3. The van der Waals surface area contributed by atoms with Crippen LogP contribution >= 0.6 is 12.2 Å². The summed E-state index contributed by atoms with van der Waals surface area (Å²) in [6.07, 6.45) is 9.25. The maximum absolute atomic E-state index is 5.88. The molecule has 1 saturated carbocycles. The van der Waals surface area contributed by atoms with E-state index in [-0.39, 0.29) is 12.1 Å². The summed E-state index contributed by atoms with van der Waals surface area (Å²) in [6, 6.07) is 17.8. The van der Waals surface area contributed by atoms with Crippen LogP contribution in [0.4, 0.5) is 5.69 Å². The van der Waals surface area contributed by atoms with Gasteiger partial charge in [0, 0.05) is 29.8 Å². The Kier molecular flexibility index (Phi) is 5.07. The van der Waals surface area contributed by atoms with Crippen LogP contribution in [0.1, 0.15) is 66.3 Å². The number of thiocarbonyl (C=S) groups is 1. The molecule has 1 aliphatic carbocycles. The standard InChI is InChI=1S/C25H28N4S/c1-17-12-13-20(16-18(17)2)29-24(22-11-7-15-28(22)19-8-3-4-9-19)23(27-25(29)30)21-10-5-6-14-26-21/h5-7,10-16,19,23-24H,3-4,8-9H2,1-2H3,(H,27,30). The third-order valence-corrected chi connectivity index (χ3v) is 7.01. The number of hydrogen-bond donors (Lipinski definition) is 1. The lowest BCUT2D eigenvalue weighted by Gasteiger charge is -2.30. The molecule has 0 bridgehead atoms. The van der Waals surface area contributed by atoms with E-state index >= 15 is 0 Å². The van der Waals surface area contributed by atoms with Crippen molar-refractivity contribution in [1.82, 2.24) is 14.9 Å². The van der Waals surface area contributed by atoms with Gasteiger partial charge in [0.2, 0.25) is 0 Å². The van der Waals surface area contributed by atoms with E-state index in [0.29, 0.717) is 6.04 Å². The van der Waals surface area contributed by atoms with Crippen LogP contribution in [-0.2, 0) is 0 Å². The monoisotopic (exact) mass is 416 g/mol. The van der Waals surface area contributed by atoms with Crippen molar-refractivity contribution in [2.45, 2.75) is 57.7 Å². The van der Waals surface area contributed by atoms with Gasteiger partial charge >= 0.3 is 0 Å². The molecule has 2 atom stereocenters. The van der Waals surface area contributed by atoms with E-state index in [1.165, 1.54) is 42.5 Å². The SMILES string of the molecule is Cc1ccc(N2C(=S)NC(c3ccccn3)C2c2cccn2C2CCCC2)cc1C. The zero-order valence-corrected chi connectivity index (χ0v) is 18.4. The lowest BCUT2D eigenvalue weighted by atomic mass is 9.99. The fraction of sp³-hybridized carbons (Fsp3) is 0.360. The van der Waals surface area contributed by atoms with E-state index in [1.54, 1.807) is 0 Å². The third-order valence-electron chi connectivity index (χ3n) is 6.70. The van der Waals surface area contributed by atoms with E-state index in [0.717, 1.165) is 16.5 Å². The quantitative estimate of drug-likeness (QED) is 0.546. The van der Waals surface area contributed by atoms with Crippen LogP contribution < -0.4 is 10.2 Å². The summed E-state index contributed by atoms with van der Waals surface area (Å²) in [5.74, 6) is 0. The largest absolute Gasteiger partial charge is 0.351 e. The minimum absolute atomic E-state index is 0.00959. The first kappa shape index (κ1) is 19.3. The first-order chi connectivity index (χ1) is 14.6. The van der Waals surface area contributed by atoms with Crippen LogP contribution in [-0.4, -0.2) is 14.7 Å². The number of rotatable bonds is 4. The molecule has 5 heteroatoms. The van der Waals surface area contributed by atoms with Gasteiger partial charge in [-0.05, 0) is 86.4 Å². The Morgan fingerprint density at radius 1 is 1.00 bits per heavy atom. The second kappa shape index (κ2) is 7.88. The predicted molar refractivity (Wildman–Crippen MR) is 126 cm³/mol. The predicted octanol–water partition coefficient (Wildman–Crippen LogP) is 5.79. The summed E-state index contributed by atoms with van der Waals surface area (Å²) < 4.78 is 2.50. The van der Waals surface area contributed by atoms with Gasteiger partial charge in [-0.2, -0.15) is 0 Å². The second-order valence-corrected chi connectivity index (χ2v) is 8.93. The van der Waals surface area contributed by atoms with Gasteiger partial charge in [-0.15, -0.1) is 0 Å². The van der Waals surface area contributed by atoms with Crippen molar-refractivity contribution in [2.75, 3.05) is 4.90 Å². The van der Waals surface area contributed by atoms with Gasteiger partial charge in [-0.3, -0.25) is 4.98 Å². The zero-order valence-electron chi connectivity index (χ0n) is 17.6. The third kappa shape index (κ3) is 3.31. The van der Waals surface area contributed by atoms with Crippen LogP contribution in [0.15, 0.2) is 60.9 Å². The van der Waals surface area contributed by atoms with E-state index in [1.807, 2.05) is 12.3 Å². The molecule has 1 saturated heterocycles. The molecule has 2 aromatic heterocycles. The Hall–Kier alpha value is -2.66. The fourth-order valence-electron chi connectivity index (χ4n) is 4.98. The van der Waals surface area contributed by atoms with Crippen molar-refractivity contribution >= 4 is 23.0 Å². The van der Waals surface area contributed by atoms with Crippen molar-refractivity contribution < 1.29 is 0 Å². The first-order valence-electron chi connectivity index (χ1n) is 10.9. The molecule has 0 amide bonds. The number of benzene rings is 1. The molecule has 1 N–H and O–H groups in total. The average Bonchev–Trinajstić information content (AvgIpc) is 3.49. The summed E-state index contributed by atoms with van der Waals surface area (Å²) in [5.41, 5.74) is 6.04. The van der Waals surface area contributed by atoms with Gasteiger partial charge in [-0.1, -0.05) is 25.0 Å². The molecule has 2 unspecified atom stereocenters. The number of aryl methyl sites for hydroxylation is 2. The zero-order chi connectivity index (χ0) is 20.7. The maximum atomic E-state index is 5.88. The number of hydrogen-bond acceptors (Lipinski definition) is 2. The highest BCUT2D eigenvalue weighted by atomic mass is 32.1. The summed E-state index contributed by atoms with van der Waals surface area (Å²) in [6.45, 7) is 4.32. The van der Waals surface area contributed by atoms with E-state index in [9.17, 15) is 0 Å². The average molecular weight is 417 g/mol. The van der Waals surface area contributed by atoms with E-state index in [2.05, 4.69) is 82.3 Å². The minimum Gasteiger partial charge on any atom is -0.351 e. The van der Waals surface area contributed by atoms with Gasteiger partial charge in [0.25, 0.3) is 0 Å². The molecule has 5 rings (SSSR count). The normalized spacial score (nSPS) is 21.9. The van der Waals surface area contributed by atoms with E-state index < -0.39 is 0 Å². The molecule has 4 nitrogen and oxygen atoms in total. The lowest BCUT2D eigenvalue weighted by molar-refractivity contribution is 0.461. The van der Waals surface area contributed by atoms with Crippen molar-refractivity contribution in [3.05, 3.63) is 83.4 Å². The topological polar surface area (TPSA) is 33.1 Å². The van der Waals surface area contributed by atoms with Crippen LogP contribution in [0.3, 0.4) is 0 Å². The van der Waals surface area contributed by atoms with Crippen LogP contribution in [0.5, 0.6) is 0 Å². The number of aromatic nitrogens is 2. The molecule has 0 spiro atoms. The second-order valence-electron chi connectivity index (χ2n) is 8.54. The Labute approximate surface area is 183 Å². The molecule has 1 aliphatic heterocycles. The Balaban J connectivity index is 1.63. The number of nitrogens with one attached hydrogen (secondary N) is 1. The summed E-state index contributed by atoms with van der Waals surface area (Å²) in [5, 5.41) is 4.35. The van der Waals surface area contributed by atoms with Crippen LogP contribution in [0, 0.1) is 13.8 Å². The Morgan fingerprint density at radius 2 is 1.83 bits per heavy atom. The maximum Gasteiger partial charge on any atom is 0.174 e. The fourth-order valence-corrected chi connectivity index (χ4v) is 5.33. The van der Waals surface area contributed by atoms with Gasteiger partial charge in [0.15, 0.2) is 5.11 Å². The van der Waals surface area contributed by atoms with Crippen molar-refractivity contribution in [3.63, 3.8) is 0 Å². The molecule has 0 radical (unpaired) electrons. The Bertz CT molecular complexity index is 1050. The summed E-state index contributed by atoms with van der Waals surface area (Å²) in [4.78, 5) is 6.98. The van der Waals surface area contributed by atoms with Gasteiger partial charge < -0.3 is 14.8 Å².